The smallest absolute Gasteiger partial charge is 0.166 e. The molecule has 10 heavy (non-hydrogen) atoms. The van der Waals surface area contributed by atoms with Crippen molar-refractivity contribution in [1.29, 1.82) is 0 Å². The van der Waals surface area contributed by atoms with E-state index in [2.05, 4.69) is 0 Å². The molecule has 0 unspecified atom stereocenters. The van der Waals surface area contributed by atoms with Crippen LogP contribution in [0.25, 0.3) is 0 Å². The Morgan fingerprint density at radius 1 is 1.30 bits per heavy atom. The lowest BCUT2D eigenvalue weighted by molar-refractivity contribution is 0.220. The largest absolute Gasteiger partial charge is 0.493 e. The maximum absolute atomic E-state index is 5.05. The summed E-state index contributed by atoms with van der Waals surface area (Å²) in [4.78, 5) is 0. The Bertz CT molecular complexity index is 152. The predicted octanol–water partition coefficient (Wildman–Crippen LogP) is 1.75. The van der Waals surface area contributed by atoms with Crippen LogP contribution in [-0.4, -0.2) is 20.0 Å². The zero-order chi connectivity index (χ0) is 7.40. The lowest BCUT2D eigenvalue weighted by atomic mass is 10.4. The lowest BCUT2D eigenvalue weighted by Crippen LogP contribution is -1.98. The number of thioether (sulfide) groups is 1. The first-order chi connectivity index (χ1) is 4.88. The summed E-state index contributed by atoms with van der Waals surface area (Å²) in [5, 5.41) is 1.96. The topological polar surface area (TPSA) is 18.5 Å². The molecule has 0 aliphatic carbocycles. The van der Waals surface area contributed by atoms with Crippen molar-refractivity contribution in [2.24, 2.45) is 0 Å². The summed E-state index contributed by atoms with van der Waals surface area (Å²) in [7, 11) is 3.29. The molecule has 0 amide bonds. The Labute approximate surface area is 64.9 Å². The number of hydrogen-bond acceptors (Lipinski definition) is 3. The summed E-state index contributed by atoms with van der Waals surface area (Å²) in [5.41, 5.74) is 0. The van der Waals surface area contributed by atoms with E-state index in [1.807, 2.05) is 11.5 Å². The van der Waals surface area contributed by atoms with Crippen LogP contribution in [0.5, 0.6) is 0 Å². The first-order valence-electron chi connectivity index (χ1n) is 2.98. The Balaban J connectivity index is 2.67. The molecule has 0 aromatic heterocycles. The standard InChI is InChI=1S/C7H10O2S/c1-8-6-3-4-10-5-7(6)9-2/h3,5H,4H2,1-2H3. The van der Waals surface area contributed by atoms with E-state index in [0.29, 0.717) is 0 Å². The van der Waals surface area contributed by atoms with Gasteiger partial charge in [0.15, 0.2) is 11.5 Å². The number of hydrogen-bond donors (Lipinski definition) is 0. The Morgan fingerprint density at radius 3 is 2.50 bits per heavy atom. The second kappa shape index (κ2) is 3.56. The van der Waals surface area contributed by atoms with E-state index in [4.69, 9.17) is 9.47 Å². The third-order valence-electron chi connectivity index (χ3n) is 1.24. The molecule has 0 saturated heterocycles. The minimum Gasteiger partial charge on any atom is -0.493 e. The summed E-state index contributed by atoms with van der Waals surface area (Å²) in [5.74, 6) is 2.62. The second-order valence-electron chi connectivity index (χ2n) is 1.79. The van der Waals surface area contributed by atoms with Crippen LogP contribution in [0.1, 0.15) is 0 Å². The van der Waals surface area contributed by atoms with Gasteiger partial charge in [-0.2, -0.15) is 0 Å². The quantitative estimate of drug-likeness (QED) is 0.610. The summed E-state index contributed by atoms with van der Waals surface area (Å²) in [6.45, 7) is 0. The van der Waals surface area contributed by atoms with Gasteiger partial charge in [-0.1, -0.05) is 0 Å². The highest BCUT2D eigenvalue weighted by molar-refractivity contribution is 8.02. The third-order valence-corrected chi connectivity index (χ3v) is 1.98. The van der Waals surface area contributed by atoms with Crippen LogP contribution >= 0.6 is 11.8 Å². The highest BCUT2D eigenvalue weighted by atomic mass is 32.2. The zero-order valence-electron chi connectivity index (χ0n) is 6.09. The van der Waals surface area contributed by atoms with E-state index in [1.54, 1.807) is 26.0 Å². The van der Waals surface area contributed by atoms with E-state index in [9.17, 15) is 0 Å². The molecule has 56 valence electrons. The maximum Gasteiger partial charge on any atom is 0.166 e. The highest BCUT2D eigenvalue weighted by Gasteiger charge is 2.07. The molecule has 0 aromatic rings. The lowest BCUT2D eigenvalue weighted by Gasteiger charge is -2.12. The number of ether oxygens (including phenoxy) is 2. The zero-order valence-corrected chi connectivity index (χ0v) is 6.90. The average molecular weight is 158 g/mol. The number of methoxy groups -OCH3 is 2. The first kappa shape index (κ1) is 7.54. The number of rotatable bonds is 2. The molecule has 0 radical (unpaired) electrons. The fraction of sp³-hybridized carbons (Fsp3) is 0.429. The van der Waals surface area contributed by atoms with Gasteiger partial charge in [-0.3, -0.25) is 0 Å². The van der Waals surface area contributed by atoms with E-state index >= 15 is 0 Å². The van der Waals surface area contributed by atoms with Crippen LogP contribution in [0.4, 0.5) is 0 Å². The molecule has 0 saturated carbocycles. The molecular formula is C7H10O2S. The summed E-state index contributed by atoms with van der Waals surface area (Å²) in [6, 6.07) is 0. The Morgan fingerprint density at radius 2 is 2.00 bits per heavy atom. The van der Waals surface area contributed by atoms with Gasteiger partial charge in [-0.05, 0) is 6.08 Å². The molecule has 0 spiro atoms. The molecule has 1 heterocycles. The minimum atomic E-state index is 0.818. The Kier molecular flexibility index (Phi) is 2.68. The van der Waals surface area contributed by atoms with Crippen molar-refractivity contribution in [1.82, 2.24) is 0 Å². The van der Waals surface area contributed by atoms with Gasteiger partial charge in [0.2, 0.25) is 0 Å². The van der Waals surface area contributed by atoms with Gasteiger partial charge < -0.3 is 9.47 Å². The van der Waals surface area contributed by atoms with Crippen molar-refractivity contribution < 1.29 is 9.47 Å². The highest BCUT2D eigenvalue weighted by Crippen LogP contribution is 2.22. The van der Waals surface area contributed by atoms with Gasteiger partial charge in [-0.15, -0.1) is 11.8 Å². The molecule has 0 fully saturated rings. The van der Waals surface area contributed by atoms with E-state index < -0.39 is 0 Å². The van der Waals surface area contributed by atoms with E-state index in [1.165, 1.54) is 0 Å². The van der Waals surface area contributed by atoms with Crippen molar-refractivity contribution in [2.75, 3.05) is 20.0 Å². The van der Waals surface area contributed by atoms with Crippen molar-refractivity contribution in [3.05, 3.63) is 23.0 Å². The van der Waals surface area contributed by atoms with Crippen molar-refractivity contribution in [3.63, 3.8) is 0 Å². The van der Waals surface area contributed by atoms with Crippen molar-refractivity contribution >= 4 is 11.8 Å². The van der Waals surface area contributed by atoms with E-state index in [0.717, 1.165) is 17.3 Å². The van der Waals surface area contributed by atoms with Gasteiger partial charge in [-0.25, -0.2) is 0 Å². The van der Waals surface area contributed by atoms with Crippen molar-refractivity contribution in [2.45, 2.75) is 0 Å². The molecule has 1 aliphatic heterocycles. The van der Waals surface area contributed by atoms with Crippen molar-refractivity contribution in [3.8, 4) is 0 Å². The van der Waals surface area contributed by atoms with Gasteiger partial charge in [0, 0.05) is 11.2 Å². The normalized spacial score (nSPS) is 17.4. The minimum absolute atomic E-state index is 0.818. The molecule has 2 nitrogen and oxygen atoms in total. The molecular weight excluding hydrogens is 148 g/mol. The molecule has 0 aromatic carbocycles. The van der Waals surface area contributed by atoms with Crippen LogP contribution in [0.2, 0.25) is 0 Å². The van der Waals surface area contributed by atoms with Gasteiger partial charge in [0.1, 0.15) is 0 Å². The third kappa shape index (κ3) is 1.48. The van der Waals surface area contributed by atoms with Crippen LogP contribution in [0.15, 0.2) is 23.0 Å². The molecule has 0 bridgehead atoms. The molecule has 0 atom stereocenters. The predicted molar refractivity (Wildman–Crippen MR) is 42.6 cm³/mol. The SMILES string of the molecule is COC1=CCSC=C1OC. The van der Waals surface area contributed by atoms with E-state index in [-0.39, 0.29) is 0 Å². The van der Waals surface area contributed by atoms with Gasteiger partial charge in [0.05, 0.1) is 14.2 Å². The average Bonchev–Trinajstić information content (AvgIpc) is 2.04. The second-order valence-corrected chi connectivity index (χ2v) is 2.69. The Hall–Kier alpha value is -0.570. The van der Waals surface area contributed by atoms with Gasteiger partial charge >= 0.3 is 0 Å². The van der Waals surface area contributed by atoms with Gasteiger partial charge in [0.25, 0.3) is 0 Å². The molecule has 1 aliphatic rings. The van der Waals surface area contributed by atoms with Crippen LogP contribution < -0.4 is 0 Å². The molecule has 0 N–H and O–H groups in total. The monoisotopic (exact) mass is 158 g/mol. The maximum atomic E-state index is 5.05. The fourth-order valence-electron chi connectivity index (χ4n) is 0.739. The molecule has 3 heteroatoms. The summed E-state index contributed by atoms with van der Waals surface area (Å²) >= 11 is 1.70. The first-order valence-corrected chi connectivity index (χ1v) is 4.03. The van der Waals surface area contributed by atoms with Crippen LogP contribution in [0, 0.1) is 0 Å². The van der Waals surface area contributed by atoms with Crippen LogP contribution in [-0.2, 0) is 9.47 Å². The molecule has 1 rings (SSSR count). The summed E-state index contributed by atoms with van der Waals surface area (Å²) < 4.78 is 10.1. The fourth-order valence-corrected chi connectivity index (χ4v) is 1.45. The van der Waals surface area contributed by atoms with Crippen LogP contribution in [0.3, 0.4) is 0 Å². The summed E-state index contributed by atoms with van der Waals surface area (Å²) in [6.07, 6.45) is 2.00.